The number of rotatable bonds is 4. The van der Waals surface area contributed by atoms with Gasteiger partial charge in [-0.25, -0.2) is 19.3 Å². The maximum atomic E-state index is 13.0. The van der Waals surface area contributed by atoms with Crippen molar-refractivity contribution in [2.24, 2.45) is 0 Å². The van der Waals surface area contributed by atoms with Crippen LogP contribution in [0, 0.1) is 13.8 Å². The van der Waals surface area contributed by atoms with Crippen molar-refractivity contribution in [2.75, 3.05) is 26.2 Å². The van der Waals surface area contributed by atoms with Gasteiger partial charge in [0.25, 0.3) is 0 Å². The van der Waals surface area contributed by atoms with Gasteiger partial charge in [-0.05, 0) is 55.7 Å². The summed E-state index contributed by atoms with van der Waals surface area (Å²) in [6.07, 6.45) is 0.667. The van der Waals surface area contributed by atoms with Gasteiger partial charge in [-0.2, -0.15) is 4.31 Å². The lowest BCUT2D eigenvalue weighted by molar-refractivity contribution is -0.134. The quantitative estimate of drug-likeness (QED) is 0.665. The number of amides is 1. The van der Waals surface area contributed by atoms with Gasteiger partial charge in [-0.15, -0.1) is 0 Å². The summed E-state index contributed by atoms with van der Waals surface area (Å²) in [5.74, 6) is 0.0143. The number of nitrogens with zero attached hydrogens (tertiary/aromatic N) is 2. The predicted octanol–water partition coefficient (Wildman–Crippen LogP) is 2.51. The first-order chi connectivity index (χ1) is 14.8. The van der Waals surface area contributed by atoms with Gasteiger partial charge in [0.1, 0.15) is 6.04 Å². The van der Waals surface area contributed by atoms with E-state index in [0.29, 0.717) is 32.6 Å². The Hall–Kier alpha value is -1.78. The third kappa shape index (κ3) is 4.70. The van der Waals surface area contributed by atoms with Crippen molar-refractivity contribution in [1.82, 2.24) is 20.1 Å². The summed E-state index contributed by atoms with van der Waals surface area (Å²) in [5, 5.41) is 0. The highest BCUT2D eigenvalue weighted by Gasteiger charge is 2.36. The number of aryl methyl sites for hydroxylation is 2. The number of carbonyl (C=O) groups excluding carboxylic acids is 1. The molecule has 2 saturated heterocycles. The number of nitrogens with one attached hydrogen (secondary N) is 2. The zero-order valence-corrected chi connectivity index (χ0v) is 20.0. The van der Waals surface area contributed by atoms with E-state index in [4.69, 9.17) is 0 Å². The van der Waals surface area contributed by atoms with Gasteiger partial charge in [0.2, 0.25) is 15.9 Å². The lowest BCUT2D eigenvalue weighted by Gasteiger charge is -2.35. The predicted molar refractivity (Wildman–Crippen MR) is 123 cm³/mol. The van der Waals surface area contributed by atoms with Crippen molar-refractivity contribution in [3.63, 3.8) is 0 Å². The van der Waals surface area contributed by atoms with Crippen LogP contribution >= 0.6 is 15.9 Å². The van der Waals surface area contributed by atoms with Crippen LogP contribution < -0.4 is 10.9 Å². The molecule has 2 N–H and O–H groups in total. The highest BCUT2D eigenvalue weighted by atomic mass is 79.9. The number of hydrogen-bond donors (Lipinski definition) is 2. The molecule has 0 aromatic heterocycles. The molecule has 2 fully saturated rings. The van der Waals surface area contributed by atoms with E-state index in [1.807, 2.05) is 0 Å². The molecule has 2 aromatic carbocycles. The molecule has 9 heteroatoms. The van der Waals surface area contributed by atoms with Gasteiger partial charge in [-0.3, -0.25) is 4.79 Å². The Bertz CT molecular complexity index is 1070. The monoisotopic (exact) mass is 506 g/mol. The molecule has 0 radical (unpaired) electrons. The molecule has 0 bridgehead atoms. The highest BCUT2D eigenvalue weighted by molar-refractivity contribution is 9.10. The molecular weight excluding hydrogens is 480 g/mol. The third-order valence-electron chi connectivity index (χ3n) is 6.00. The molecule has 0 spiro atoms. The Kier molecular flexibility index (Phi) is 6.50. The van der Waals surface area contributed by atoms with Gasteiger partial charge in [-0.1, -0.05) is 39.7 Å². The second-order valence-electron chi connectivity index (χ2n) is 8.17. The first kappa shape index (κ1) is 22.4. The van der Waals surface area contributed by atoms with E-state index in [9.17, 15) is 13.2 Å². The molecule has 2 unspecified atom stereocenters. The van der Waals surface area contributed by atoms with E-state index in [0.717, 1.165) is 4.47 Å². The summed E-state index contributed by atoms with van der Waals surface area (Å²) in [6, 6.07) is 12.7. The molecule has 31 heavy (non-hydrogen) atoms. The standard InChI is InChI=1S/C22H27BrN4O3S/c1-15-3-8-19(16(2)13-15)20-14-21(25-24-20)22(28)26-9-11-27(12-10-26)31(29,30)18-6-4-17(23)5-7-18/h3-8,13,20-21,24-25H,9-12,14H2,1-2H3. The first-order valence-electron chi connectivity index (χ1n) is 10.4. The Morgan fingerprint density at radius 2 is 1.68 bits per heavy atom. The minimum Gasteiger partial charge on any atom is -0.339 e. The van der Waals surface area contributed by atoms with Crippen LogP contribution in [0.5, 0.6) is 0 Å². The Morgan fingerprint density at radius 1 is 1.00 bits per heavy atom. The summed E-state index contributed by atoms with van der Waals surface area (Å²) < 4.78 is 28.0. The summed E-state index contributed by atoms with van der Waals surface area (Å²) in [7, 11) is -3.55. The second kappa shape index (κ2) is 8.99. The Labute approximate surface area is 192 Å². The van der Waals surface area contributed by atoms with Gasteiger partial charge in [0, 0.05) is 36.7 Å². The molecule has 2 aliphatic heterocycles. The van der Waals surface area contributed by atoms with Crippen molar-refractivity contribution in [3.05, 3.63) is 63.6 Å². The van der Waals surface area contributed by atoms with Crippen LogP contribution in [-0.4, -0.2) is 55.8 Å². The van der Waals surface area contributed by atoms with Crippen molar-refractivity contribution in [1.29, 1.82) is 0 Å². The van der Waals surface area contributed by atoms with E-state index in [-0.39, 0.29) is 22.9 Å². The fourth-order valence-corrected chi connectivity index (χ4v) is 5.95. The number of sulfonamides is 1. The summed E-state index contributed by atoms with van der Waals surface area (Å²) in [5.41, 5.74) is 10.0. The summed E-state index contributed by atoms with van der Waals surface area (Å²) in [6.45, 7) is 5.53. The molecule has 2 aliphatic rings. The largest absolute Gasteiger partial charge is 0.339 e. The first-order valence-corrected chi connectivity index (χ1v) is 12.6. The molecule has 2 aromatic rings. The molecule has 2 atom stereocenters. The molecule has 166 valence electrons. The fourth-order valence-electron chi connectivity index (χ4n) is 4.26. The third-order valence-corrected chi connectivity index (χ3v) is 8.45. The molecule has 0 aliphatic carbocycles. The van der Waals surface area contributed by atoms with Gasteiger partial charge < -0.3 is 4.90 Å². The van der Waals surface area contributed by atoms with E-state index in [1.54, 1.807) is 29.2 Å². The lowest BCUT2D eigenvalue weighted by atomic mass is 9.96. The minimum absolute atomic E-state index is 0.0143. The van der Waals surface area contributed by atoms with Gasteiger partial charge in [0.05, 0.1) is 4.90 Å². The van der Waals surface area contributed by atoms with E-state index < -0.39 is 10.0 Å². The van der Waals surface area contributed by atoms with Crippen LogP contribution in [0.1, 0.15) is 29.2 Å². The number of benzene rings is 2. The zero-order valence-electron chi connectivity index (χ0n) is 17.6. The molecule has 1 amide bonds. The average molecular weight is 507 g/mol. The van der Waals surface area contributed by atoms with Crippen LogP contribution in [0.15, 0.2) is 51.8 Å². The smallest absolute Gasteiger partial charge is 0.243 e. The SMILES string of the molecule is Cc1ccc(C2CC(C(=O)N3CCN(S(=O)(=O)c4ccc(Br)cc4)CC3)NN2)c(C)c1. The molecule has 4 rings (SSSR count). The van der Waals surface area contributed by atoms with Crippen LogP contribution in [0.25, 0.3) is 0 Å². The van der Waals surface area contributed by atoms with Crippen molar-refractivity contribution in [3.8, 4) is 0 Å². The second-order valence-corrected chi connectivity index (χ2v) is 11.0. The Balaban J connectivity index is 1.36. The topological polar surface area (TPSA) is 81.8 Å². The number of halogens is 1. The molecular formula is C22H27BrN4O3S. The summed E-state index contributed by atoms with van der Waals surface area (Å²) in [4.78, 5) is 15.1. The Morgan fingerprint density at radius 3 is 2.32 bits per heavy atom. The minimum atomic E-state index is -3.55. The maximum absolute atomic E-state index is 13.0. The van der Waals surface area contributed by atoms with Crippen molar-refractivity contribution >= 4 is 31.9 Å². The normalized spacial score (nSPS) is 22.6. The average Bonchev–Trinajstić information content (AvgIpc) is 3.23. The van der Waals surface area contributed by atoms with Crippen molar-refractivity contribution < 1.29 is 13.2 Å². The highest BCUT2D eigenvalue weighted by Crippen LogP contribution is 2.27. The van der Waals surface area contributed by atoms with Crippen LogP contribution in [0.3, 0.4) is 0 Å². The van der Waals surface area contributed by atoms with Crippen molar-refractivity contribution in [2.45, 2.75) is 37.2 Å². The lowest BCUT2D eigenvalue weighted by Crippen LogP contribution is -2.54. The number of hydrogen-bond acceptors (Lipinski definition) is 5. The van der Waals surface area contributed by atoms with E-state index in [2.05, 4.69) is 58.8 Å². The van der Waals surface area contributed by atoms with Crippen LogP contribution in [-0.2, 0) is 14.8 Å². The van der Waals surface area contributed by atoms with E-state index in [1.165, 1.54) is 21.0 Å². The fraction of sp³-hybridized carbons (Fsp3) is 0.409. The van der Waals surface area contributed by atoms with E-state index >= 15 is 0 Å². The molecule has 7 nitrogen and oxygen atoms in total. The van der Waals surface area contributed by atoms with Gasteiger partial charge in [0.15, 0.2) is 0 Å². The van der Waals surface area contributed by atoms with Gasteiger partial charge >= 0.3 is 0 Å². The number of hydrazine groups is 1. The number of carbonyl (C=O) groups is 1. The summed E-state index contributed by atoms with van der Waals surface area (Å²) >= 11 is 3.33. The maximum Gasteiger partial charge on any atom is 0.243 e. The van der Waals surface area contributed by atoms with Crippen LogP contribution in [0.4, 0.5) is 0 Å². The van der Waals surface area contributed by atoms with Crippen LogP contribution in [0.2, 0.25) is 0 Å². The molecule has 2 heterocycles. The number of piperazine rings is 1. The molecule has 0 saturated carbocycles. The zero-order chi connectivity index (χ0) is 22.2.